The lowest BCUT2D eigenvalue weighted by atomic mass is 9.96. The zero-order valence-corrected chi connectivity index (χ0v) is 12.4. The summed E-state index contributed by atoms with van der Waals surface area (Å²) < 4.78 is 0. The number of carboxylic acid groups (broad SMARTS) is 1. The van der Waals surface area contributed by atoms with Crippen LogP contribution in [0.1, 0.15) is 38.7 Å². The highest BCUT2D eigenvalue weighted by molar-refractivity contribution is 5.94. The quantitative estimate of drug-likeness (QED) is 0.748. The number of carboxylic acids is 1. The van der Waals surface area contributed by atoms with E-state index in [1.807, 2.05) is 13.8 Å². The number of benzene rings is 1. The number of carbonyl (C=O) groups excluding carboxylic acids is 1. The number of carbonyl (C=O) groups is 2. The van der Waals surface area contributed by atoms with Gasteiger partial charge in [-0.25, -0.2) is 0 Å². The van der Waals surface area contributed by atoms with Gasteiger partial charge < -0.3 is 16.2 Å². The molecule has 1 saturated carbocycles. The van der Waals surface area contributed by atoms with Crippen molar-refractivity contribution in [1.29, 1.82) is 0 Å². The predicted molar refractivity (Wildman–Crippen MR) is 81.0 cm³/mol. The number of aliphatic carboxylic acids is 1. The first-order chi connectivity index (χ1) is 9.85. The molecule has 1 aliphatic carbocycles. The Kier molecular flexibility index (Phi) is 4.32. The van der Waals surface area contributed by atoms with Gasteiger partial charge in [-0.05, 0) is 42.9 Å². The molecule has 0 spiro atoms. The standard InChI is InChI=1S/C16H22N2O3/c1-10(2)9-13(17)14(19)18-12-5-3-11(4-6-12)16(7-8-16)15(20)21/h3-6,10,13H,7-9,17H2,1-2H3,(H,18,19)(H,20,21)/t13-/m0/s1. The molecular weight excluding hydrogens is 268 g/mol. The zero-order valence-electron chi connectivity index (χ0n) is 12.4. The molecule has 0 radical (unpaired) electrons. The van der Waals surface area contributed by atoms with Crippen molar-refractivity contribution in [3.63, 3.8) is 0 Å². The van der Waals surface area contributed by atoms with Gasteiger partial charge >= 0.3 is 5.97 Å². The minimum absolute atomic E-state index is 0.212. The molecule has 0 unspecified atom stereocenters. The van der Waals surface area contributed by atoms with Crippen LogP contribution in [0.2, 0.25) is 0 Å². The fourth-order valence-electron chi connectivity index (χ4n) is 2.47. The number of amides is 1. The third kappa shape index (κ3) is 3.42. The van der Waals surface area contributed by atoms with E-state index < -0.39 is 17.4 Å². The van der Waals surface area contributed by atoms with Crippen molar-refractivity contribution in [2.24, 2.45) is 11.7 Å². The topological polar surface area (TPSA) is 92.4 Å². The van der Waals surface area contributed by atoms with Gasteiger partial charge in [0.2, 0.25) is 5.91 Å². The van der Waals surface area contributed by atoms with Crippen molar-refractivity contribution in [2.75, 3.05) is 5.32 Å². The SMILES string of the molecule is CC(C)C[C@H](N)C(=O)Nc1ccc(C2(C(=O)O)CC2)cc1. The van der Waals surface area contributed by atoms with E-state index in [-0.39, 0.29) is 5.91 Å². The maximum absolute atomic E-state index is 11.9. The molecule has 0 bridgehead atoms. The fraction of sp³-hybridized carbons (Fsp3) is 0.500. The molecular formula is C16H22N2O3. The maximum Gasteiger partial charge on any atom is 0.314 e. The molecule has 0 heterocycles. The lowest BCUT2D eigenvalue weighted by molar-refractivity contribution is -0.140. The van der Waals surface area contributed by atoms with Gasteiger partial charge in [0, 0.05) is 5.69 Å². The maximum atomic E-state index is 11.9. The second kappa shape index (κ2) is 5.85. The van der Waals surface area contributed by atoms with E-state index in [1.165, 1.54) is 0 Å². The Morgan fingerprint density at radius 3 is 2.29 bits per heavy atom. The molecule has 0 aliphatic heterocycles. The van der Waals surface area contributed by atoms with Crippen LogP contribution >= 0.6 is 0 Å². The first kappa shape index (κ1) is 15.5. The van der Waals surface area contributed by atoms with Gasteiger partial charge in [0.25, 0.3) is 0 Å². The highest BCUT2D eigenvalue weighted by atomic mass is 16.4. The number of nitrogens with one attached hydrogen (secondary N) is 1. The van der Waals surface area contributed by atoms with Crippen LogP contribution < -0.4 is 11.1 Å². The Hall–Kier alpha value is -1.88. The van der Waals surface area contributed by atoms with Crippen molar-refractivity contribution in [3.05, 3.63) is 29.8 Å². The van der Waals surface area contributed by atoms with E-state index >= 15 is 0 Å². The first-order valence-corrected chi connectivity index (χ1v) is 7.25. The summed E-state index contributed by atoms with van der Waals surface area (Å²) in [5, 5.41) is 12.0. The van der Waals surface area contributed by atoms with Crippen LogP contribution in [0.15, 0.2) is 24.3 Å². The molecule has 1 atom stereocenters. The summed E-state index contributed by atoms with van der Waals surface area (Å²) in [4.78, 5) is 23.2. The molecule has 5 nitrogen and oxygen atoms in total. The van der Waals surface area contributed by atoms with E-state index in [0.29, 0.717) is 30.9 Å². The first-order valence-electron chi connectivity index (χ1n) is 7.25. The lowest BCUT2D eigenvalue weighted by Gasteiger charge is -2.15. The van der Waals surface area contributed by atoms with Gasteiger partial charge in [-0.3, -0.25) is 9.59 Å². The van der Waals surface area contributed by atoms with E-state index in [9.17, 15) is 14.7 Å². The average molecular weight is 290 g/mol. The minimum Gasteiger partial charge on any atom is -0.481 e. The van der Waals surface area contributed by atoms with Gasteiger partial charge in [0.15, 0.2) is 0 Å². The highest BCUT2D eigenvalue weighted by Crippen LogP contribution is 2.48. The molecule has 1 aliphatic rings. The van der Waals surface area contributed by atoms with E-state index in [1.54, 1.807) is 24.3 Å². The van der Waals surface area contributed by atoms with E-state index in [2.05, 4.69) is 5.32 Å². The number of hydrogen-bond acceptors (Lipinski definition) is 3. The number of rotatable bonds is 6. The van der Waals surface area contributed by atoms with Crippen LogP contribution in [0, 0.1) is 5.92 Å². The molecule has 1 fully saturated rings. The molecule has 0 saturated heterocycles. The normalized spacial score (nSPS) is 17.3. The summed E-state index contributed by atoms with van der Waals surface area (Å²) >= 11 is 0. The smallest absolute Gasteiger partial charge is 0.314 e. The second-order valence-electron chi connectivity index (χ2n) is 6.19. The Morgan fingerprint density at radius 1 is 1.29 bits per heavy atom. The lowest BCUT2D eigenvalue weighted by Crippen LogP contribution is -2.36. The third-order valence-corrected chi connectivity index (χ3v) is 3.93. The molecule has 21 heavy (non-hydrogen) atoms. The number of nitrogens with two attached hydrogens (primary N) is 1. The van der Waals surface area contributed by atoms with Gasteiger partial charge in [0.05, 0.1) is 11.5 Å². The summed E-state index contributed by atoms with van der Waals surface area (Å²) in [5.41, 5.74) is 6.55. The van der Waals surface area contributed by atoms with Crippen LogP contribution in [-0.4, -0.2) is 23.0 Å². The Morgan fingerprint density at radius 2 is 1.86 bits per heavy atom. The van der Waals surface area contributed by atoms with Crippen LogP contribution in [0.25, 0.3) is 0 Å². The second-order valence-corrected chi connectivity index (χ2v) is 6.19. The van der Waals surface area contributed by atoms with Crippen molar-refractivity contribution in [3.8, 4) is 0 Å². The van der Waals surface area contributed by atoms with Crippen molar-refractivity contribution < 1.29 is 14.7 Å². The summed E-state index contributed by atoms with van der Waals surface area (Å²) in [5.74, 6) is -0.632. The highest BCUT2D eigenvalue weighted by Gasteiger charge is 2.51. The third-order valence-electron chi connectivity index (χ3n) is 3.93. The average Bonchev–Trinajstić information content (AvgIpc) is 3.20. The van der Waals surface area contributed by atoms with Gasteiger partial charge in [-0.1, -0.05) is 26.0 Å². The van der Waals surface area contributed by atoms with Crippen LogP contribution in [0.4, 0.5) is 5.69 Å². The zero-order chi connectivity index (χ0) is 15.6. The van der Waals surface area contributed by atoms with Crippen molar-refractivity contribution in [1.82, 2.24) is 0 Å². The van der Waals surface area contributed by atoms with Gasteiger partial charge in [0.1, 0.15) is 0 Å². The van der Waals surface area contributed by atoms with Gasteiger partial charge in [-0.2, -0.15) is 0 Å². The number of hydrogen-bond donors (Lipinski definition) is 3. The van der Waals surface area contributed by atoms with Crippen LogP contribution in [0.3, 0.4) is 0 Å². The summed E-state index contributed by atoms with van der Waals surface area (Å²) in [7, 11) is 0. The monoisotopic (exact) mass is 290 g/mol. The van der Waals surface area contributed by atoms with E-state index in [0.717, 1.165) is 5.56 Å². The number of anilines is 1. The summed E-state index contributed by atoms with van der Waals surface area (Å²) in [6.07, 6.45) is 1.98. The molecule has 4 N–H and O–H groups in total. The Labute approximate surface area is 124 Å². The van der Waals surface area contributed by atoms with Crippen LogP contribution in [0.5, 0.6) is 0 Å². The van der Waals surface area contributed by atoms with Crippen molar-refractivity contribution >= 4 is 17.6 Å². The predicted octanol–water partition coefficient (Wildman–Crippen LogP) is 2.11. The molecule has 2 rings (SSSR count). The Bertz CT molecular complexity index is 533. The minimum atomic E-state index is -0.779. The summed E-state index contributed by atoms with van der Waals surface area (Å²) in [6, 6.07) is 6.48. The van der Waals surface area contributed by atoms with Crippen molar-refractivity contribution in [2.45, 2.75) is 44.6 Å². The van der Waals surface area contributed by atoms with E-state index in [4.69, 9.17) is 5.73 Å². The molecule has 1 amide bonds. The largest absolute Gasteiger partial charge is 0.481 e. The molecule has 0 aromatic heterocycles. The van der Waals surface area contributed by atoms with Crippen LogP contribution in [-0.2, 0) is 15.0 Å². The molecule has 114 valence electrons. The molecule has 1 aromatic rings. The van der Waals surface area contributed by atoms with Gasteiger partial charge in [-0.15, -0.1) is 0 Å². The molecule has 5 heteroatoms. The fourth-order valence-corrected chi connectivity index (χ4v) is 2.47. The summed E-state index contributed by atoms with van der Waals surface area (Å²) in [6.45, 7) is 4.03. The Balaban J connectivity index is 2.00. The molecule has 1 aromatic carbocycles.